The van der Waals surface area contributed by atoms with E-state index in [2.05, 4.69) is 22.3 Å². The lowest BCUT2D eigenvalue weighted by Crippen LogP contribution is -2.13. The minimum absolute atomic E-state index is 0.0281. The van der Waals surface area contributed by atoms with E-state index in [4.69, 9.17) is 0 Å². The minimum Gasteiger partial charge on any atom is -0.292 e. The van der Waals surface area contributed by atoms with E-state index in [1.807, 2.05) is 54.6 Å². The average molecular weight is 292 g/mol. The molecule has 0 saturated heterocycles. The summed E-state index contributed by atoms with van der Waals surface area (Å²) in [6.45, 7) is 2.17. The summed E-state index contributed by atoms with van der Waals surface area (Å²) in [6.07, 6.45) is 0.958. The van der Waals surface area contributed by atoms with Crippen molar-refractivity contribution in [1.82, 2.24) is 20.2 Å². The molecule has 3 rings (SSSR count). The van der Waals surface area contributed by atoms with Crippen LogP contribution in [0.15, 0.2) is 54.6 Å². The number of aryl methyl sites for hydroxylation is 1. The minimum atomic E-state index is -0.0281. The molecule has 0 radical (unpaired) electrons. The van der Waals surface area contributed by atoms with Gasteiger partial charge in [-0.05, 0) is 17.2 Å². The van der Waals surface area contributed by atoms with Gasteiger partial charge >= 0.3 is 0 Å². The van der Waals surface area contributed by atoms with Crippen LogP contribution in [0.4, 0.5) is 0 Å². The van der Waals surface area contributed by atoms with Gasteiger partial charge in [0, 0.05) is 11.1 Å². The Balaban J connectivity index is 1.73. The van der Waals surface area contributed by atoms with Gasteiger partial charge in [0.2, 0.25) is 5.82 Å². The second-order valence-corrected chi connectivity index (χ2v) is 4.98. The number of ketones is 1. The first kappa shape index (κ1) is 14.1. The molecule has 5 heteroatoms. The van der Waals surface area contributed by atoms with Crippen LogP contribution in [0.3, 0.4) is 0 Å². The van der Waals surface area contributed by atoms with Crippen molar-refractivity contribution in [3.05, 3.63) is 65.7 Å². The number of rotatable bonds is 5. The average Bonchev–Trinajstić information content (AvgIpc) is 3.04. The van der Waals surface area contributed by atoms with E-state index in [9.17, 15) is 4.79 Å². The molecule has 0 aliphatic rings. The summed E-state index contributed by atoms with van der Waals surface area (Å²) in [5.41, 5.74) is 2.76. The first-order valence-electron chi connectivity index (χ1n) is 7.21. The number of Topliss-reactive ketones (excluding diaryl/α,β-unsaturated/α-hetero) is 1. The fourth-order valence-electron chi connectivity index (χ4n) is 2.16. The van der Waals surface area contributed by atoms with Crippen LogP contribution in [0, 0.1) is 0 Å². The number of benzene rings is 2. The van der Waals surface area contributed by atoms with Crippen molar-refractivity contribution in [2.45, 2.75) is 19.9 Å². The number of hydrogen-bond acceptors (Lipinski definition) is 4. The van der Waals surface area contributed by atoms with Crippen LogP contribution in [-0.4, -0.2) is 26.0 Å². The standard InChI is InChI=1S/C17H16N4O/c1-2-13-8-10-14(11-9-13)16(22)12-21-19-17(18-20-21)15-6-4-3-5-7-15/h3-11H,2,12H2,1H3. The van der Waals surface area contributed by atoms with E-state index in [0.717, 1.165) is 12.0 Å². The molecule has 2 aromatic carbocycles. The van der Waals surface area contributed by atoms with Gasteiger partial charge in [-0.3, -0.25) is 4.79 Å². The normalized spacial score (nSPS) is 10.6. The Morgan fingerprint density at radius 3 is 2.45 bits per heavy atom. The third-order valence-corrected chi connectivity index (χ3v) is 3.45. The summed E-state index contributed by atoms with van der Waals surface area (Å²) in [6, 6.07) is 17.2. The SMILES string of the molecule is CCc1ccc(C(=O)Cn2nnc(-c3ccccc3)n2)cc1. The molecule has 5 nitrogen and oxygen atoms in total. The van der Waals surface area contributed by atoms with E-state index in [-0.39, 0.29) is 12.3 Å². The Labute approximate surface area is 128 Å². The van der Waals surface area contributed by atoms with Crippen LogP contribution in [0.1, 0.15) is 22.8 Å². The van der Waals surface area contributed by atoms with Crippen LogP contribution in [0.2, 0.25) is 0 Å². The number of aromatic nitrogens is 4. The second-order valence-electron chi connectivity index (χ2n) is 4.98. The van der Waals surface area contributed by atoms with Crippen LogP contribution in [0.5, 0.6) is 0 Å². The Morgan fingerprint density at radius 2 is 1.77 bits per heavy atom. The largest absolute Gasteiger partial charge is 0.292 e. The quantitative estimate of drug-likeness (QED) is 0.678. The maximum absolute atomic E-state index is 12.2. The zero-order valence-electron chi connectivity index (χ0n) is 12.3. The van der Waals surface area contributed by atoms with E-state index in [1.165, 1.54) is 10.4 Å². The third-order valence-electron chi connectivity index (χ3n) is 3.45. The molecular weight excluding hydrogens is 276 g/mol. The summed E-state index contributed by atoms with van der Waals surface area (Å²) < 4.78 is 0. The van der Waals surface area contributed by atoms with Crippen LogP contribution in [0.25, 0.3) is 11.4 Å². The molecule has 1 heterocycles. The number of carbonyl (C=O) groups is 1. The van der Waals surface area contributed by atoms with E-state index in [0.29, 0.717) is 11.4 Å². The molecule has 0 unspecified atom stereocenters. The number of nitrogens with zero attached hydrogens (tertiary/aromatic N) is 4. The lowest BCUT2D eigenvalue weighted by atomic mass is 10.1. The molecule has 3 aromatic rings. The molecule has 0 amide bonds. The van der Waals surface area contributed by atoms with Gasteiger partial charge < -0.3 is 0 Å². The summed E-state index contributed by atoms with van der Waals surface area (Å²) in [7, 11) is 0. The molecule has 0 atom stereocenters. The fourth-order valence-corrected chi connectivity index (χ4v) is 2.16. The molecule has 0 spiro atoms. The Hall–Kier alpha value is -2.82. The topological polar surface area (TPSA) is 60.7 Å². The number of carbonyl (C=O) groups excluding carboxylic acids is 1. The summed E-state index contributed by atoms with van der Waals surface area (Å²) in [5, 5.41) is 12.2. The lowest BCUT2D eigenvalue weighted by Gasteiger charge is -2.01. The summed E-state index contributed by atoms with van der Waals surface area (Å²) in [4.78, 5) is 13.6. The summed E-state index contributed by atoms with van der Waals surface area (Å²) >= 11 is 0. The van der Waals surface area contributed by atoms with Crippen molar-refractivity contribution in [2.75, 3.05) is 0 Å². The van der Waals surface area contributed by atoms with E-state index < -0.39 is 0 Å². The molecule has 0 aliphatic heterocycles. The maximum atomic E-state index is 12.2. The van der Waals surface area contributed by atoms with Gasteiger partial charge in [0.25, 0.3) is 0 Å². The van der Waals surface area contributed by atoms with Gasteiger partial charge in [-0.15, -0.1) is 10.2 Å². The van der Waals surface area contributed by atoms with Crippen molar-refractivity contribution in [3.8, 4) is 11.4 Å². The zero-order chi connectivity index (χ0) is 15.4. The smallest absolute Gasteiger partial charge is 0.204 e. The maximum Gasteiger partial charge on any atom is 0.204 e. The van der Waals surface area contributed by atoms with Crippen molar-refractivity contribution < 1.29 is 4.79 Å². The van der Waals surface area contributed by atoms with Crippen LogP contribution < -0.4 is 0 Å². The highest BCUT2D eigenvalue weighted by atomic mass is 16.1. The fraction of sp³-hybridized carbons (Fsp3) is 0.176. The third kappa shape index (κ3) is 3.09. The van der Waals surface area contributed by atoms with Crippen molar-refractivity contribution >= 4 is 5.78 Å². The second kappa shape index (κ2) is 6.30. The Bertz CT molecular complexity index is 763. The van der Waals surface area contributed by atoms with Crippen molar-refractivity contribution in [1.29, 1.82) is 0 Å². The predicted octanol–water partition coefficient (Wildman–Crippen LogP) is 2.79. The Kier molecular flexibility index (Phi) is 4.05. The lowest BCUT2D eigenvalue weighted by molar-refractivity contribution is 0.0961. The van der Waals surface area contributed by atoms with E-state index in [1.54, 1.807) is 0 Å². The molecule has 1 aromatic heterocycles. The highest BCUT2D eigenvalue weighted by Gasteiger charge is 2.10. The van der Waals surface area contributed by atoms with Gasteiger partial charge in [-0.2, -0.15) is 4.80 Å². The first-order chi connectivity index (χ1) is 10.8. The van der Waals surface area contributed by atoms with Gasteiger partial charge in [-0.1, -0.05) is 61.5 Å². The molecule has 22 heavy (non-hydrogen) atoms. The van der Waals surface area contributed by atoms with Crippen LogP contribution >= 0.6 is 0 Å². The van der Waals surface area contributed by atoms with Crippen molar-refractivity contribution in [3.63, 3.8) is 0 Å². The van der Waals surface area contributed by atoms with Crippen LogP contribution in [-0.2, 0) is 13.0 Å². The molecule has 0 saturated carbocycles. The highest BCUT2D eigenvalue weighted by Crippen LogP contribution is 2.12. The molecular formula is C17H16N4O. The van der Waals surface area contributed by atoms with Gasteiger partial charge in [0.15, 0.2) is 5.78 Å². The van der Waals surface area contributed by atoms with Crippen molar-refractivity contribution in [2.24, 2.45) is 0 Å². The molecule has 110 valence electrons. The van der Waals surface area contributed by atoms with Gasteiger partial charge in [0.1, 0.15) is 6.54 Å². The van der Waals surface area contributed by atoms with E-state index >= 15 is 0 Å². The highest BCUT2D eigenvalue weighted by molar-refractivity contribution is 5.95. The number of tetrazole rings is 1. The van der Waals surface area contributed by atoms with Gasteiger partial charge in [0.05, 0.1) is 0 Å². The summed E-state index contributed by atoms with van der Waals surface area (Å²) in [5.74, 6) is 0.495. The molecule has 0 N–H and O–H groups in total. The predicted molar refractivity (Wildman–Crippen MR) is 83.4 cm³/mol. The Morgan fingerprint density at radius 1 is 1.05 bits per heavy atom. The zero-order valence-corrected chi connectivity index (χ0v) is 12.3. The monoisotopic (exact) mass is 292 g/mol. The molecule has 0 bridgehead atoms. The van der Waals surface area contributed by atoms with Gasteiger partial charge in [-0.25, -0.2) is 0 Å². The first-order valence-corrected chi connectivity index (χ1v) is 7.21. The molecule has 0 fully saturated rings. The number of hydrogen-bond donors (Lipinski definition) is 0. The molecule has 0 aliphatic carbocycles.